The highest BCUT2D eigenvalue weighted by molar-refractivity contribution is 14.1. The van der Waals surface area contributed by atoms with Gasteiger partial charge in [0.2, 0.25) is 0 Å². The van der Waals surface area contributed by atoms with E-state index in [2.05, 4.69) is 48.7 Å². The van der Waals surface area contributed by atoms with Crippen molar-refractivity contribution in [3.63, 3.8) is 0 Å². The number of hydrogen-bond acceptors (Lipinski definition) is 1. The van der Waals surface area contributed by atoms with Gasteiger partial charge in [-0.05, 0) is 19.8 Å². The maximum Gasteiger partial charge on any atom is 0.0358 e. The molecule has 54 valence electrons. The molecule has 0 amide bonds. The van der Waals surface area contributed by atoms with Crippen molar-refractivity contribution < 1.29 is 0 Å². The van der Waals surface area contributed by atoms with Crippen LogP contribution in [0.25, 0.3) is 0 Å². The smallest absolute Gasteiger partial charge is 0.0358 e. The van der Waals surface area contributed by atoms with Crippen LogP contribution < -0.4 is 5.32 Å². The average molecular weight is 239 g/mol. The van der Waals surface area contributed by atoms with E-state index in [1.165, 1.54) is 0 Å². The SMILES string of the molecule is C[C@@H]1NC[C@](C)(I)[C@@H]1C. The summed E-state index contributed by atoms with van der Waals surface area (Å²) in [5.74, 6) is 0.804. The molecule has 1 aliphatic heterocycles. The Morgan fingerprint density at radius 3 is 2.22 bits per heavy atom. The van der Waals surface area contributed by atoms with E-state index in [1.807, 2.05) is 0 Å². The molecule has 0 saturated carbocycles. The minimum atomic E-state index is 0.483. The molecule has 9 heavy (non-hydrogen) atoms. The monoisotopic (exact) mass is 239 g/mol. The van der Waals surface area contributed by atoms with Crippen molar-refractivity contribution in [2.24, 2.45) is 5.92 Å². The van der Waals surface area contributed by atoms with Crippen molar-refractivity contribution >= 4 is 22.6 Å². The molecule has 1 rings (SSSR count). The summed E-state index contributed by atoms with van der Waals surface area (Å²) in [6.45, 7) is 8.05. The summed E-state index contributed by atoms with van der Waals surface area (Å²) < 4.78 is 0.483. The van der Waals surface area contributed by atoms with Gasteiger partial charge in [-0.3, -0.25) is 0 Å². The van der Waals surface area contributed by atoms with Gasteiger partial charge in [0.1, 0.15) is 0 Å². The molecule has 0 aromatic carbocycles. The number of rotatable bonds is 0. The molecule has 1 nitrogen and oxygen atoms in total. The van der Waals surface area contributed by atoms with Gasteiger partial charge in [0.15, 0.2) is 0 Å². The zero-order valence-corrected chi connectivity index (χ0v) is 8.40. The van der Waals surface area contributed by atoms with E-state index in [4.69, 9.17) is 0 Å². The van der Waals surface area contributed by atoms with Gasteiger partial charge in [0.25, 0.3) is 0 Å². The van der Waals surface area contributed by atoms with Crippen LogP contribution in [-0.4, -0.2) is 16.0 Å². The van der Waals surface area contributed by atoms with E-state index >= 15 is 0 Å². The van der Waals surface area contributed by atoms with Gasteiger partial charge in [-0.2, -0.15) is 0 Å². The first-order valence-corrected chi connectivity index (χ1v) is 4.54. The Labute approximate surface area is 70.7 Å². The van der Waals surface area contributed by atoms with Gasteiger partial charge in [-0.25, -0.2) is 0 Å². The summed E-state index contributed by atoms with van der Waals surface area (Å²) in [5.41, 5.74) is 0. The summed E-state index contributed by atoms with van der Waals surface area (Å²) >= 11 is 2.54. The number of halogens is 1. The first kappa shape index (κ1) is 7.79. The van der Waals surface area contributed by atoms with Crippen LogP contribution >= 0.6 is 22.6 Å². The number of alkyl halides is 1. The van der Waals surface area contributed by atoms with Crippen LogP contribution in [0, 0.1) is 5.92 Å². The molecule has 0 aromatic rings. The lowest BCUT2D eigenvalue weighted by atomic mass is 9.95. The van der Waals surface area contributed by atoms with E-state index in [-0.39, 0.29) is 0 Å². The third kappa shape index (κ3) is 1.40. The van der Waals surface area contributed by atoms with E-state index in [0.29, 0.717) is 9.46 Å². The van der Waals surface area contributed by atoms with E-state index < -0.39 is 0 Å². The number of nitrogens with one attached hydrogen (secondary N) is 1. The Hall–Kier alpha value is 0.690. The molecular weight excluding hydrogens is 225 g/mol. The lowest BCUT2D eigenvalue weighted by molar-refractivity contribution is 0.480. The maximum absolute atomic E-state index is 3.45. The van der Waals surface area contributed by atoms with Crippen molar-refractivity contribution in [1.29, 1.82) is 0 Å². The van der Waals surface area contributed by atoms with Crippen molar-refractivity contribution in [1.82, 2.24) is 5.32 Å². The minimum absolute atomic E-state index is 0.483. The largest absolute Gasteiger partial charge is 0.313 e. The molecule has 0 bridgehead atoms. The molecule has 1 fully saturated rings. The van der Waals surface area contributed by atoms with Gasteiger partial charge in [0, 0.05) is 16.0 Å². The molecule has 2 heteroatoms. The fraction of sp³-hybridized carbons (Fsp3) is 1.00. The molecule has 1 saturated heterocycles. The highest BCUT2D eigenvalue weighted by atomic mass is 127. The summed E-state index contributed by atoms with van der Waals surface area (Å²) in [6.07, 6.45) is 0. The quantitative estimate of drug-likeness (QED) is 0.502. The van der Waals surface area contributed by atoms with Gasteiger partial charge in [-0.1, -0.05) is 29.5 Å². The summed E-state index contributed by atoms with van der Waals surface area (Å²) in [7, 11) is 0. The second kappa shape index (κ2) is 2.38. The van der Waals surface area contributed by atoms with E-state index in [9.17, 15) is 0 Å². The van der Waals surface area contributed by atoms with Gasteiger partial charge in [-0.15, -0.1) is 0 Å². The van der Waals surface area contributed by atoms with Crippen molar-refractivity contribution in [3.05, 3.63) is 0 Å². The van der Waals surface area contributed by atoms with E-state index in [1.54, 1.807) is 0 Å². The van der Waals surface area contributed by atoms with Crippen LogP contribution in [0.2, 0.25) is 0 Å². The molecule has 3 atom stereocenters. The molecule has 0 spiro atoms. The van der Waals surface area contributed by atoms with E-state index in [0.717, 1.165) is 12.5 Å². The highest BCUT2D eigenvalue weighted by Crippen LogP contribution is 2.34. The van der Waals surface area contributed by atoms with Crippen LogP contribution in [-0.2, 0) is 0 Å². The topological polar surface area (TPSA) is 12.0 Å². The number of hydrogen-bond donors (Lipinski definition) is 1. The fourth-order valence-corrected chi connectivity index (χ4v) is 1.98. The molecule has 0 unspecified atom stereocenters. The second-order valence-electron chi connectivity index (χ2n) is 3.24. The summed E-state index contributed by atoms with van der Waals surface area (Å²) in [5, 5.41) is 3.45. The van der Waals surface area contributed by atoms with Crippen LogP contribution in [0.1, 0.15) is 20.8 Å². The minimum Gasteiger partial charge on any atom is -0.313 e. The molecular formula is C7H14IN. The lowest BCUT2D eigenvalue weighted by Crippen LogP contribution is -2.25. The second-order valence-corrected chi connectivity index (χ2v) is 5.70. The molecule has 1 N–H and O–H groups in total. The third-order valence-corrected chi connectivity index (χ3v) is 3.83. The van der Waals surface area contributed by atoms with Crippen LogP contribution in [0.3, 0.4) is 0 Å². The Kier molecular flexibility index (Phi) is 2.06. The van der Waals surface area contributed by atoms with Crippen LogP contribution in [0.15, 0.2) is 0 Å². The molecule has 1 aliphatic rings. The Morgan fingerprint density at radius 2 is 2.11 bits per heavy atom. The molecule has 1 heterocycles. The third-order valence-electron chi connectivity index (χ3n) is 2.47. The van der Waals surface area contributed by atoms with Crippen molar-refractivity contribution in [2.75, 3.05) is 6.54 Å². The van der Waals surface area contributed by atoms with Crippen molar-refractivity contribution in [3.8, 4) is 0 Å². The van der Waals surface area contributed by atoms with Gasteiger partial charge >= 0.3 is 0 Å². The lowest BCUT2D eigenvalue weighted by Gasteiger charge is -2.21. The highest BCUT2D eigenvalue weighted by Gasteiger charge is 2.37. The van der Waals surface area contributed by atoms with Gasteiger partial charge < -0.3 is 5.32 Å². The Morgan fingerprint density at radius 1 is 1.56 bits per heavy atom. The van der Waals surface area contributed by atoms with Gasteiger partial charge in [0.05, 0.1) is 0 Å². The molecule has 0 aliphatic carbocycles. The summed E-state index contributed by atoms with van der Waals surface area (Å²) in [4.78, 5) is 0. The average Bonchev–Trinajstić information content (AvgIpc) is 1.97. The Bertz CT molecular complexity index is 111. The standard InChI is InChI=1S/C7H14IN/c1-5-6(2)9-4-7(5,3)8/h5-6,9H,4H2,1-3H3/t5-,6+,7+/m1/s1. The van der Waals surface area contributed by atoms with Crippen LogP contribution in [0.4, 0.5) is 0 Å². The molecule has 0 radical (unpaired) electrons. The molecule has 0 aromatic heterocycles. The predicted octanol–water partition coefficient (Wildman–Crippen LogP) is 1.81. The fourth-order valence-electron chi connectivity index (χ4n) is 1.22. The predicted molar refractivity (Wildman–Crippen MR) is 49.1 cm³/mol. The maximum atomic E-state index is 3.45. The first-order chi connectivity index (χ1) is 4.04. The zero-order chi connectivity index (χ0) is 7.07. The summed E-state index contributed by atoms with van der Waals surface area (Å²) in [6, 6.07) is 0.701. The normalized spacial score (nSPS) is 52.0. The first-order valence-electron chi connectivity index (χ1n) is 3.46. The Balaban J connectivity index is 2.62. The zero-order valence-electron chi connectivity index (χ0n) is 6.24. The van der Waals surface area contributed by atoms with Crippen LogP contribution in [0.5, 0.6) is 0 Å². The van der Waals surface area contributed by atoms with Crippen molar-refractivity contribution in [2.45, 2.75) is 30.2 Å².